The molecule has 0 saturated heterocycles. The minimum absolute atomic E-state index is 0.125. The smallest absolute Gasteiger partial charge is 0.163 e. The van der Waals surface area contributed by atoms with E-state index in [1.54, 1.807) is 31.4 Å². The molecule has 2 nitrogen and oxygen atoms in total. The third-order valence-electron chi connectivity index (χ3n) is 2.94. The molecule has 0 aliphatic heterocycles. The van der Waals surface area contributed by atoms with Crippen molar-refractivity contribution in [3.05, 3.63) is 64.7 Å². The minimum Gasteiger partial charge on any atom is -0.497 e. The summed E-state index contributed by atoms with van der Waals surface area (Å²) in [6.45, 7) is 0. The summed E-state index contributed by atoms with van der Waals surface area (Å²) in [5.74, 6) is 0.941. The molecule has 98 valence electrons. The van der Waals surface area contributed by atoms with Crippen molar-refractivity contribution in [3.8, 4) is 5.75 Å². The SMILES string of the molecule is COc1cccc(CCC(=O)c2ccc(Cl)cc2)c1. The average molecular weight is 275 g/mol. The maximum atomic E-state index is 12.0. The predicted octanol–water partition coefficient (Wildman–Crippen LogP) is 4.16. The molecule has 2 aromatic rings. The fourth-order valence-electron chi connectivity index (χ4n) is 1.87. The van der Waals surface area contributed by atoms with Gasteiger partial charge < -0.3 is 4.74 Å². The van der Waals surface area contributed by atoms with Crippen LogP contribution in [0.3, 0.4) is 0 Å². The second kappa shape index (κ2) is 6.39. The van der Waals surface area contributed by atoms with Crippen molar-refractivity contribution in [1.29, 1.82) is 0 Å². The first kappa shape index (κ1) is 13.6. The lowest BCUT2D eigenvalue weighted by Crippen LogP contribution is -2.01. The number of ether oxygens (including phenoxy) is 1. The summed E-state index contributed by atoms with van der Waals surface area (Å²) in [5.41, 5.74) is 1.80. The second-order valence-electron chi connectivity index (χ2n) is 4.28. The van der Waals surface area contributed by atoms with Gasteiger partial charge in [-0.1, -0.05) is 23.7 Å². The summed E-state index contributed by atoms with van der Waals surface area (Å²) in [7, 11) is 1.64. The summed E-state index contributed by atoms with van der Waals surface area (Å²) in [5, 5.41) is 0.643. The Labute approximate surface area is 118 Å². The van der Waals surface area contributed by atoms with E-state index in [9.17, 15) is 4.79 Å². The number of hydrogen-bond donors (Lipinski definition) is 0. The van der Waals surface area contributed by atoms with Crippen molar-refractivity contribution < 1.29 is 9.53 Å². The Balaban J connectivity index is 1.98. The highest BCUT2D eigenvalue weighted by Gasteiger charge is 2.06. The first-order valence-electron chi connectivity index (χ1n) is 6.11. The normalized spacial score (nSPS) is 10.2. The minimum atomic E-state index is 0.125. The highest BCUT2D eigenvalue weighted by molar-refractivity contribution is 6.30. The van der Waals surface area contributed by atoms with Gasteiger partial charge in [-0.3, -0.25) is 4.79 Å². The Morgan fingerprint density at radius 2 is 1.89 bits per heavy atom. The molecule has 0 aromatic heterocycles. The lowest BCUT2D eigenvalue weighted by Gasteiger charge is -2.04. The van der Waals surface area contributed by atoms with Crippen molar-refractivity contribution in [2.75, 3.05) is 7.11 Å². The third-order valence-corrected chi connectivity index (χ3v) is 3.19. The van der Waals surface area contributed by atoms with Crippen LogP contribution < -0.4 is 4.74 Å². The fraction of sp³-hybridized carbons (Fsp3) is 0.188. The topological polar surface area (TPSA) is 26.3 Å². The molecule has 0 bridgehead atoms. The average Bonchev–Trinajstić information content (AvgIpc) is 2.46. The molecule has 3 heteroatoms. The van der Waals surface area contributed by atoms with Crippen LogP contribution >= 0.6 is 11.6 Å². The van der Waals surface area contributed by atoms with Crippen LogP contribution in [0.2, 0.25) is 5.02 Å². The number of methoxy groups -OCH3 is 1. The lowest BCUT2D eigenvalue weighted by atomic mass is 10.0. The van der Waals surface area contributed by atoms with E-state index in [2.05, 4.69) is 0 Å². The van der Waals surface area contributed by atoms with Crippen LogP contribution in [0, 0.1) is 0 Å². The molecule has 0 aliphatic carbocycles. The third kappa shape index (κ3) is 3.83. The molecule has 19 heavy (non-hydrogen) atoms. The van der Waals surface area contributed by atoms with Gasteiger partial charge in [0, 0.05) is 17.0 Å². The van der Waals surface area contributed by atoms with Crippen molar-refractivity contribution in [2.24, 2.45) is 0 Å². The summed E-state index contributed by atoms with van der Waals surface area (Å²) in [6, 6.07) is 14.8. The van der Waals surface area contributed by atoms with E-state index in [-0.39, 0.29) is 5.78 Å². The molecule has 0 heterocycles. The molecule has 0 amide bonds. The van der Waals surface area contributed by atoms with Gasteiger partial charge in [-0.15, -0.1) is 0 Å². The quantitative estimate of drug-likeness (QED) is 0.765. The number of benzene rings is 2. The summed E-state index contributed by atoms with van der Waals surface area (Å²) < 4.78 is 5.16. The van der Waals surface area contributed by atoms with Crippen LogP contribution in [0.15, 0.2) is 48.5 Å². The zero-order valence-electron chi connectivity index (χ0n) is 10.7. The molecule has 0 N–H and O–H groups in total. The molecular formula is C16H15ClO2. The monoisotopic (exact) mass is 274 g/mol. The number of Topliss-reactive ketones (excluding diaryl/α,β-unsaturated/α-hetero) is 1. The van der Waals surface area contributed by atoms with Gasteiger partial charge >= 0.3 is 0 Å². The number of halogens is 1. The van der Waals surface area contributed by atoms with Gasteiger partial charge in [-0.25, -0.2) is 0 Å². The van der Waals surface area contributed by atoms with Crippen molar-refractivity contribution in [1.82, 2.24) is 0 Å². The van der Waals surface area contributed by atoms with Crippen LogP contribution in [0.1, 0.15) is 22.3 Å². The summed E-state index contributed by atoms with van der Waals surface area (Å²) in [6.07, 6.45) is 1.19. The molecule has 0 atom stereocenters. The largest absolute Gasteiger partial charge is 0.497 e. The van der Waals surface area contributed by atoms with Gasteiger partial charge in [-0.2, -0.15) is 0 Å². The Kier molecular flexibility index (Phi) is 4.58. The molecule has 0 saturated carbocycles. The fourth-order valence-corrected chi connectivity index (χ4v) is 1.99. The molecule has 2 aromatic carbocycles. The van der Waals surface area contributed by atoms with E-state index in [1.807, 2.05) is 24.3 Å². The van der Waals surface area contributed by atoms with Gasteiger partial charge in [0.25, 0.3) is 0 Å². The van der Waals surface area contributed by atoms with E-state index in [1.165, 1.54) is 0 Å². The van der Waals surface area contributed by atoms with Crippen LogP contribution in [0.5, 0.6) is 5.75 Å². The molecule has 0 unspecified atom stereocenters. The lowest BCUT2D eigenvalue weighted by molar-refractivity contribution is 0.0983. The Morgan fingerprint density at radius 1 is 1.16 bits per heavy atom. The molecular weight excluding hydrogens is 260 g/mol. The predicted molar refractivity (Wildman–Crippen MR) is 77.1 cm³/mol. The van der Waals surface area contributed by atoms with E-state index >= 15 is 0 Å². The van der Waals surface area contributed by atoms with Crippen molar-refractivity contribution in [2.45, 2.75) is 12.8 Å². The Bertz CT molecular complexity index is 561. The van der Waals surface area contributed by atoms with Gasteiger partial charge in [0.2, 0.25) is 0 Å². The van der Waals surface area contributed by atoms with Crippen LogP contribution in [0.4, 0.5) is 0 Å². The molecule has 0 aliphatic rings. The zero-order chi connectivity index (χ0) is 13.7. The van der Waals surface area contributed by atoms with Gasteiger partial charge in [0.15, 0.2) is 5.78 Å². The number of carbonyl (C=O) groups is 1. The van der Waals surface area contributed by atoms with Gasteiger partial charge in [0.1, 0.15) is 5.75 Å². The maximum absolute atomic E-state index is 12.0. The van der Waals surface area contributed by atoms with Gasteiger partial charge in [-0.05, 0) is 48.4 Å². The van der Waals surface area contributed by atoms with Crippen LogP contribution in [-0.2, 0) is 6.42 Å². The standard InChI is InChI=1S/C16H15ClO2/c1-19-15-4-2-3-12(11-15)5-10-16(18)13-6-8-14(17)9-7-13/h2-4,6-9,11H,5,10H2,1H3. The zero-order valence-corrected chi connectivity index (χ0v) is 11.5. The molecule has 0 fully saturated rings. The van der Waals surface area contributed by atoms with Crippen molar-refractivity contribution >= 4 is 17.4 Å². The van der Waals surface area contributed by atoms with Gasteiger partial charge in [0.05, 0.1) is 7.11 Å². The highest BCUT2D eigenvalue weighted by Crippen LogP contribution is 2.16. The van der Waals surface area contributed by atoms with E-state index in [4.69, 9.17) is 16.3 Å². The maximum Gasteiger partial charge on any atom is 0.163 e. The van der Waals surface area contributed by atoms with E-state index in [0.29, 0.717) is 23.4 Å². The van der Waals surface area contributed by atoms with Crippen LogP contribution in [0.25, 0.3) is 0 Å². The number of carbonyl (C=O) groups excluding carboxylic acids is 1. The first-order valence-corrected chi connectivity index (χ1v) is 6.48. The number of rotatable bonds is 5. The first-order chi connectivity index (χ1) is 9.19. The van der Waals surface area contributed by atoms with E-state index < -0.39 is 0 Å². The van der Waals surface area contributed by atoms with E-state index in [0.717, 1.165) is 11.3 Å². The number of hydrogen-bond acceptors (Lipinski definition) is 2. The summed E-state index contributed by atoms with van der Waals surface area (Å²) in [4.78, 5) is 12.0. The Hall–Kier alpha value is -1.80. The number of aryl methyl sites for hydroxylation is 1. The Morgan fingerprint density at radius 3 is 2.58 bits per heavy atom. The summed E-state index contributed by atoms with van der Waals surface area (Å²) >= 11 is 5.80. The van der Waals surface area contributed by atoms with Crippen LogP contribution in [-0.4, -0.2) is 12.9 Å². The highest BCUT2D eigenvalue weighted by atomic mass is 35.5. The molecule has 0 radical (unpaired) electrons. The second-order valence-corrected chi connectivity index (χ2v) is 4.72. The number of ketones is 1. The molecule has 2 rings (SSSR count). The molecule has 0 spiro atoms. The van der Waals surface area contributed by atoms with Crippen molar-refractivity contribution in [3.63, 3.8) is 0 Å².